The molecule has 0 saturated carbocycles. The molecule has 1 atom stereocenters. The van der Waals surface area contributed by atoms with Crippen LogP contribution in [0.1, 0.15) is 27.5 Å². The highest BCUT2D eigenvalue weighted by Gasteiger charge is 2.27. The van der Waals surface area contributed by atoms with Crippen LogP contribution in [0, 0.1) is 5.82 Å². The van der Waals surface area contributed by atoms with Gasteiger partial charge >= 0.3 is 0 Å². The maximum Gasteiger partial charge on any atom is 0.261 e. The van der Waals surface area contributed by atoms with E-state index in [2.05, 4.69) is 37.7 Å². The fourth-order valence-corrected chi connectivity index (χ4v) is 3.94. The highest BCUT2D eigenvalue weighted by molar-refractivity contribution is 9.10. The standard InChI is InChI=1S/C25H18BrFN4O/c26-18-8-6-16(7-9-18)22-14-23(17-4-2-1-3-5-17)31-24(30-22)21(15-28-31)25(32)29-20-12-10-19(27)11-13-20/h1-15,23,30H,(H,29,32)/t23-/m1/s1. The molecule has 158 valence electrons. The Morgan fingerprint density at radius 1 is 1.00 bits per heavy atom. The fraction of sp³-hybridized carbons (Fsp3) is 0.0400. The van der Waals surface area contributed by atoms with Crippen LogP contribution < -0.4 is 10.6 Å². The van der Waals surface area contributed by atoms with Crippen molar-refractivity contribution in [1.29, 1.82) is 0 Å². The van der Waals surface area contributed by atoms with Gasteiger partial charge in [0.05, 0.1) is 12.2 Å². The number of amides is 1. The summed E-state index contributed by atoms with van der Waals surface area (Å²) in [6, 6.07) is 23.5. The minimum atomic E-state index is -0.359. The van der Waals surface area contributed by atoms with Crippen molar-refractivity contribution in [3.05, 3.63) is 118 Å². The lowest BCUT2D eigenvalue weighted by Gasteiger charge is -2.26. The lowest BCUT2D eigenvalue weighted by atomic mass is 10.0. The van der Waals surface area contributed by atoms with Crippen LogP contribution in [0.15, 0.2) is 95.6 Å². The first-order valence-electron chi connectivity index (χ1n) is 10.0. The molecular weight excluding hydrogens is 471 g/mol. The first kappa shape index (κ1) is 20.2. The van der Waals surface area contributed by atoms with E-state index in [0.717, 1.165) is 21.3 Å². The molecule has 0 saturated heterocycles. The topological polar surface area (TPSA) is 59.0 Å². The van der Waals surface area contributed by atoms with E-state index in [1.54, 1.807) is 10.9 Å². The number of nitrogens with one attached hydrogen (secondary N) is 2. The Balaban J connectivity index is 1.54. The second kappa shape index (κ2) is 8.43. The SMILES string of the molecule is O=C(Nc1ccc(F)cc1)c1cnn2c1NC(c1ccc(Br)cc1)=C[C@@H]2c1ccccc1. The molecule has 5 rings (SSSR count). The molecule has 0 spiro atoms. The predicted molar refractivity (Wildman–Crippen MR) is 127 cm³/mol. The molecule has 0 unspecified atom stereocenters. The van der Waals surface area contributed by atoms with E-state index in [9.17, 15) is 9.18 Å². The van der Waals surface area contributed by atoms with Crippen molar-refractivity contribution >= 4 is 39.0 Å². The fourth-order valence-electron chi connectivity index (χ4n) is 3.68. The summed E-state index contributed by atoms with van der Waals surface area (Å²) < 4.78 is 16.0. The molecule has 7 heteroatoms. The van der Waals surface area contributed by atoms with Gasteiger partial charge in [-0.15, -0.1) is 0 Å². The summed E-state index contributed by atoms with van der Waals surface area (Å²) in [5, 5.41) is 10.7. The summed E-state index contributed by atoms with van der Waals surface area (Å²) in [5.74, 6) is -0.0873. The third kappa shape index (κ3) is 3.94. The molecule has 2 heterocycles. The Kier molecular flexibility index (Phi) is 5.33. The minimum Gasteiger partial charge on any atom is -0.339 e. The normalized spacial score (nSPS) is 14.8. The summed E-state index contributed by atoms with van der Waals surface area (Å²) in [7, 11) is 0. The Hall–Kier alpha value is -3.71. The molecule has 2 N–H and O–H groups in total. The molecule has 0 radical (unpaired) electrons. The van der Waals surface area contributed by atoms with Crippen molar-refractivity contribution in [2.45, 2.75) is 6.04 Å². The van der Waals surface area contributed by atoms with Crippen LogP contribution in [0.5, 0.6) is 0 Å². The molecule has 0 aliphatic carbocycles. The lowest BCUT2D eigenvalue weighted by Crippen LogP contribution is -2.22. The van der Waals surface area contributed by atoms with Gasteiger partial charge in [-0.2, -0.15) is 5.10 Å². The zero-order valence-corrected chi connectivity index (χ0v) is 18.4. The van der Waals surface area contributed by atoms with Gasteiger partial charge in [0.1, 0.15) is 17.2 Å². The second-order valence-corrected chi connectivity index (χ2v) is 8.30. The molecule has 4 aromatic rings. The molecule has 32 heavy (non-hydrogen) atoms. The van der Waals surface area contributed by atoms with Crippen LogP contribution in [-0.2, 0) is 0 Å². The molecule has 1 aromatic heterocycles. The number of anilines is 2. The number of carbonyl (C=O) groups is 1. The quantitative estimate of drug-likeness (QED) is 0.365. The van der Waals surface area contributed by atoms with Crippen molar-refractivity contribution < 1.29 is 9.18 Å². The Morgan fingerprint density at radius 2 is 1.72 bits per heavy atom. The van der Waals surface area contributed by atoms with Crippen molar-refractivity contribution in [3.8, 4) is 0 Å². The zero-order chi connectivity index (χ0) is 22.1. The third-order valence-corrected chi connectivity index (χ3v) is 5.81. The number of hydrogen-bond donors (Lipinski definition) is 2. The second-order valence-electron chi connectivity index (χ2n) is 7.38. The number of rotatable bonds is 4. The van der Waals surface area contributed by atoms with Gasteiger partial charge in [-0.25, -0.2) is 9.07 Å². The monoisotopic (exact) mass is 488 g/mol. The molecule has 1 aliphatic rings. The molecule has 0 fully saturated rings. The zero-order valence-electron chi connectivity index (χ0n) is 16.8. The molecule has 1 amide bonds. The first-order chi connectivity index (χ1) is 15.6. The van der Waals surface area contributed by atoms with Crippen molar-refractivity contribution in [2.24, 2.45) is 0 Å². The molecule has 1 aliphatic heterocycles. The predicted octanol–water partition coefficient (Wildman–Crippen LogP) is 6.09. The number of allylic oxidation sites excluding steroid dienone is 1. The number of hydrogen-bond acceptors (Lipinski definition) is 3. The first-order valence-corrected chi connectivity index (χ1v) is 10.8. The van der Waals surface area contributed by atoms with Gasteiger partial charge in [-0.05, 0) is 53.6 Å². The van der Waals surface area contributed by atoms with Crippen molar-refractivity contribution in [1.82, 2.24) is 9.78 Å². The van der Waals surface area contributed by atoms with E-state index in [1.807, 2.05) is 54.6 Å². The molecular formula is C25H18BrFN4O. The van der Waals surface area contributed by atoms with Gasteiger partial charge in [0.2, 0.25) is 0 Å². The van der Waals surface area contributed by atoms with E-state index < -0.39 is 0 Å². The largest absolute Gasteiger partial charge is 0.339 e. The molecule has 3 aromatic carbocycles. The van der Waals surface area contributed by atoms with Gasteiger partial charge < -0.3 is 10.6 Å². The number of fused-ring (bicyclic) bond motifs is 1. The maximum atomic E-state index is 13.2. The van der Waals surface area contributed by atoms with Crippen LogP contribution in [0.2, 0.25) is 0 Å². The van der Waals surface area contributed by atoms with Gasteiger partial charge in [0, 0.05) is 15.9 Å². The Morgan fingerprint density at radius 3 is 2.44 bits per heavy atom. The number of benzene rings is 3. The van der Waals surface area contributed by atoms with Gasteiger partial charge in [0.15, 0.2) is 0 Å². The maximum absolute atomic E-state index is 13.2. The number of aromatic nitrogens is 2. The number of nitrogens with zero attached hydrogens (tertiary/aromatic N) is 2. The smallest absolute Gasteiger partial charge is 0.261 e. The summed E-state index contributed by atoms with van der Waals surface area (Å²) in [6.45, 7) is 0. The Bertz CT molecular complexity index is 1300. The van der Waals surface area contributed by atoms with E-state index in [4.69, 9.17) is 0 Å². The van der Waals surface area contributed by atoms with E-state index >= 15 is 0 Å². The van der Waals surface area contributed by atoms with Gasteiger partial charge in [0.25, 0.3) is 5.91 Å². The average molecular weight is 489 g/mol. The summed E-state index contributed by atoms with van der Waals surface area (Å²) in [4.78, 5) is 13.0. The van der Waals surface area contributed by atoms with E-state index in [-0.39, 0.29) is 17.8 Å². The molecule has 0 bridgehead atoms. The van der Waals surface area contributed by atoms with Gasteiger partial charge in [-0.1, -0.05) is 58.4 Å². The van der Waals surface area contributed by atoms with Crippen LogP contribution >= 0.6 is 15.9 Å². The summed E-state index contributed by atoms with van der Waals surface area (Å²) >= 11 is 3.47. The van der Waals surface area contributed by atoms with E-state index in [0.29, 0.717) is 17.1 Å². The number of carbonyl (C=O) groups excluding carboxylic acids is 1. The highest BCUT2D eigenvalue weighted by Crippen LogP contribution is 2.35. The summed E-state index contributed by atoms with van der Waals surface area (Å²) in [6.07, 6.45) is 3.65. The third-order valence-electron chi connectivity index (χ3n) is 5.28. The van der Waals surface area contributed by atoms with Crippen LogP contribution in [-0.4, -0.2) is 15.7 Å². The minimum absolute atomic E-state index is 0.182. The van der Waals surface area contributed by atoms with Crippen LogP contribution in [0.3, 0.4) is 0 Å². The van der Waals surface area contributed by atoms with Crippen molar-refractivity contribution in [3.63, 3.8) is 0 Å². The van der Waals surface area contributed by atoms with Crippen LogP contribution in [0.4, 0.5) is 15.9 Å². The van der Waals surface area contributed by atoms with Crippen LogP contribution in [0.25, 0.3) is 5.70 Å². The average Bonchev–Trinajstić information content (AvgIpc) is 3.25. The number of halogens is 2. The van der Waals surface area contributed by atoms with E-state index in [1.165, 1.54) is 24.3 Å². The van der Waals surface area contributed by atoms with Crippen molar-refractivity contribution in [2.75, 3.05) is 10.6 Å². The molecule has 5 nitrogen and oxygen atoms in total. The lowest BCUT2D eigenvalue weighted by molar-refractivity contribution is 0.102. The van der Waals surface area contributed by atoms with Gasteiger partial charge in [-0.3, -0.25) is 4.79 Å². The highest BCUT2D eigenvalue weighted by atomic mass is 79.9. The summed E-state index contributed by atoms with van der Waals surface area (Å²) in [5.41, 5.74) is 3.84. The Labute approximate surface area is 192 Å².